The van der Waals surface area contributed by atoms with E-state index in [1.165, 1.54) is 0 Å². The number of rotatable bonds is 3. The lowest BCUT2D eigenvalue weighted by atomic mass is 10.2. The minimum absolute atomic E-state index is 0.00207. The van der Waals surface area contributed by atoms with E-state index in [-0.39, 0.29) is 5.84 Å². The summed E-state index contributed by atoms with van der Waals surface area (Å²) in [6.45, 7) is 0. The molecule has 0 bridgehead atoms. The minimum atomic E-state index is 0.00207. The molecule has 0 heterocycles. The summed E-state index contributed by atoms with van der Waals surface area (Å²) < 4.78 is 6.52. The maximum Gasteiger partial charge on any atom is 0.173 e. The van der Waals surface area contributed by atoms with E-state index in [0.29, 0.717) is 17.1 Å². The number of hydrogen-bond acceptors (Lipinski definition) is 3. The van der Waals surface area contributed by atoms with Crippen molar-refractivity contribution in [1.29, 1.82) is 0 Å². The molecule has 0 aromatic heterocycles. The Morgan fingerprint density at radius 3 is 2.56 bits per heavy atom. The number of benzene rings is 2. The zero-order chi connectivity index (χ0) is 13.0. The molecule has 0 aliphatic rings. The van der Waals surface area contributed by atoms with Crippen LogP contribution >= 0.6 is 15.9 Å². The van der Waals surface area contributed by atoms with E-state index in [0.717, 1.165) is 4.47 Å². The van der Waals surface area contributed by atoms with E-state index in [2.05, 4.69) is 21.1 Å². The lowest BCUT2D eigenvalue weighted by Crippen LogP contribution is -2.14. The van der Waals surface area contributed by atoms with E-state index >= 15 is 0 Å². The van der Waals surface area contributed by atoms with Crippen molar-refractivity contribution in [2.24, 2.45) is 10.9 Å². The number of ether oxygens (including phenoxy) is 1. The zero-order valence-corrected chi connectivity index (χ0v) is 11.0. The molecule has 4 nitrogen and oxygen atoms in total. The summed E-state index contributed by atoms with van der Waals surface area (Å²) >= 11 is 3.33. The third-order valence-electron chi connectivity index (χ3n) is 2.30. The highest BCUT2D eigenvalue weighted by Gasteiger charge is 2.10. The second-order valence-electron chi connectivity index (χ2n) is 3.54. The average Bonchev–Trinajstić information content (AvgIpc) is 2.41. The van der Waals surface area contributed by atoms with E-state index in [1.807, 2.05) is 36.4 Å². The lowest BCUT2D eigenvalue weighted by Gasteiger charge is -2.10. The fraction of sp³-hybridized carbons (Fsp3) is 0. The van der Waals surface area contributed by atoms with E-state index in [4.69, 9.17) is 15.7 Å². The van der Waals surface area contributed by atoms with Gasteiger partial charge in [-0.05, 0) is 30.3 Å². The van der Waals surface area contributed by atoms with Gasteiger partial charge in [0.15, 0.2) is 5.84 Å². The number of hydrogen-bond donors (Lipinski definition) is 2. The maximum atomic E-state index is 8.76. The molecule has 5 heteroatoms. The Morgan fingerprint density at radius 1 is 1.17 bits per heavy atom. The molecule has 18 heavy (non-hydrogen) atoms. The van der Waals surface area contributed by atoms with Crippen LogP contribution in [0.3, 0.4) is 0 Å². The van der Waals surface area contributed by atoms with Crippen LogP contribution in [0.15, 0.2) is 58.2 Å². The first-order valence-corrected chi connectivity index (χ1v) is 6.00. The van der Waals surface area contributed by atoms with E-state index < -0.39 is 0 Å². The molecule has 2 aromatic rings. The number of halogens is 1. The molecule has 3 N–H and O–H groups in total. The molecule has 2 aromatic carbocycles. The number of nitrogens with two attached hydrogens (primary N) is 1. The van der Waals surface area contributed by atoms with Crippen LogP contribution in [0.5, 0.6) is 11.5 Å². The Bertz CT molecular complexity index is 570. The van der Waals surface area contributed by atoms with Crippen molar-refractivity contribution in [3.8, 4) is 11.5 Å². The standard InChI is InChI=1S/C13H11BrN2O2/c14-9-6-7-12(11(8-9)13(15)16-17)18-10-4-2-1-3-5-10/h1-8,17H,(H2,15,16). The molecule has 0 atom stereocenters. The van der Waals surface area contributed by atoms with Crippen molar-refractivity contribution in [3.05, 3.63) is 58.6 Å². The number of oxime groups is 1. The largest absolute Gasteiger partial charge is 0.457 e. The van der Waals surface area contributed by atoms with Crippen molar-refractivity contribution in [3.63, 3.8) is 0 Å². The average molecular weight is 307 g/mol. The van der Waals surface area contributed by atoms with Gasteiger partial charge < -0.3 is 15.7 Å². The van der Waals surface area contributed by atoms with Crippen LogP contribution in [0.2, 0.25) is 0 Å². The molecule has 0 unspecified atom stereocenters. The van der Waals surface area contributed by atoms with E-state index in [9.17, 15) is 0 Å². The topological polar surface area (TPSA) is 67.8 Å². The summed E-state index contributed by atoms with van der Waals surface area (Å²) in [5, 5.41) is 11.8. The highest BCUT2D eigenvalue weighted by molar-refractivity contribution is 9.10. The van der Waals surface area contributed by atoms with Crippen molar-refractivity contribution < 1.29 is 9.94 Å². The SMILES string of the molecule is N/C(=N/O)c1cc(Br)ccc1Oc1ccccc1. The van der Waals surface area contributed by atoms with Crippen LogP contribution in [0.1, 0.15) is 5.56 Å². The smallest absolute Gasteiger partial charge is 0.173 e. The van der Waals surface area contributed by atoms with Crippen LogP contribution < -0.4 is 10.5 Å². The van der Waals surface area contributed by atoms with Gasteiger partial charge in [0.1, 0.15) is 11.5 Å². The normalized spacial score (nSPS) is 11.3. The first-order chi connectivity index (χ1) is 8.70. The van der Waals surface area contributed by atoms with Crippen molar-refractivity contribution in [1.82, 2.24) is 0 Å². The van der Waals surface area contributed by atoms with Crippen LogP contribution in [-0.2, 0) is 0 Å². The van der Waals surface area contributed by atoms with Gasteiger partial charge >= 0.3 is 0 Å². The molecule has 2 rings (SSSR count). The predicted octanol–water partition coefficient (Wildman–Crippen LogP) is 3.34. The summed E-state index contributed by atoms with van der Waals surface area (Å²) in [5.74, 6) is 1.22. The van der Waals surface area contributed by atoms with Gasteiger partial charge in [0.25, 0.3) is 0 Å². The van der Waals surface area contributed by atoms with Crippen LogP contribution in [0.4, 0.5) is 0 Å². The minimum Gasteiger partial charge on any atom is -0.457 e. The lowest BCUT2D eigenvalue weighted by molar-refractivity contribution is 0.318. The molecule has 0 amide bonds. The Hall–Kier alpha value is -2.01. The van der Waals surface area contributed by atoms with Crippen LogP contribution in [0, 0.1) is 0 Å². The summed E-state index contributed by atoms with van der Waals surface area (Å²) in [7, 11) is 0. The van der Waals surface area contributed by atoms with Gasteiger partial charge in [-0.2, -0.15) is 0 Å². The molecule has 0 saturated carbocycles. The Morgan fingerprint density at radius 2 is 1.89 bits per heavy atom. The van der Waals surface area contributed by atoms with Gasteiger partial charge in [-0.25, -0.2) is 0 Å². The second-order valence-corrected chi connectivity index (χ2v) is 4.46. The fourth-order valence-corrected chi connectivity index (χ4v) is 1.82. The van der Waals surface area contributed by atoms with Gasteiger partial charge in [0, 0.05) is 4.47 Å². The van der Waals surface area contributed by atoms with Gasteiger partial charge in [-0.3, -0.25) is 0 Å². The molecular weight excluding hydrogens is 296 g/mol. The Balaban J connectivity index is 2.39. The van der Waals surface area contributed by atoms with Gasteiger partial charge in [0.05, 0.1) is 5.56 Å². The number of amidine groups is 1. The molecule has 0 fully saturated rings. The highest BCUT2D eigenvalue weighted by Crippen LogP contribution is 2.27. The molecule has 92 valence electrons. The predicted molar refractivity (Wildman–Crippen MR) is 73.2 cm³/mol. The highest BCUT2D eigenvalue weighted by atomic mass is 79.9. The number of nitrogens with zero attached hydrogens (tertiary/aromatic N) is 1. The van der Waals surface area contributed by atoms with Gasteiger partial charge in [-0.15, -0.1) is 0 Å². The maximum absolute atomic E-state index is 8.76. The molecular formula is C13H11BrN2O2. The second kappa shape index (κ2) is 5.55. The molecule has 0 spiro atoms. The monoisotopic (exact) mass is 306 g/mol. The summed E-state index contributed by atoms with van der Waals surface area (Å²) in [5.41, 5.74) is 6.14. The Labute approximate surface area is 113 Å². The van der Waals surface area contributed by atoms with Gasteiger partial charge in [0.2, 0.25) is 0 Å². The van der Waals surface area contributed by atoms with Crippen LogP contribution in [-0.4, -0.2) is 11.0 Å². The van der Waals surface area contributed by atoms with Gasteiger partial charge in [-0.1, -0.05) is 39.3 Å². The van der Waals surface area contributed by atoms with E-state index in [1.54, 1.807) is 12.1 Å². The quantitative estimate of drug-likeness (QED) is 0.395. The van der Waals surface area contributed by atoms with Crippen molar-refractivity contribution >= 4 is 21.8 Å². The third-order valence-corrected chi connectivity index (χ3v) is 2.79. The first-order valence-electron chi connectivity index (χ1n) is 5.21. The van der Waals surface area contributed by atoms with Crippen molar-refractivity contribution in [2.75, 3.05) is 0 Å². The molecule has 0 saturated heterocycles. The summed E-state index contributed by atoms with van der Waals surface area (Å²) in [6.07, 6.45) is 0. The fourth-order valence-electron chi connectivity index (χ4n) is 1.46. The summed E-state index contributed by atoms with van der Waals surface area (Å²) in [6, 6.07) is 14.6. The molecule has 0 aliphatic carbocycles. The zero-order valence-electron chi connectivity index (χ0n) is 9.38. The summed E-state index contributed by atoms with van der Waals surface area (Å²) in [4.78, 5) is 0. The van der Waals surface area contributed by atoms with Crippen molar-refractivity contribution in [2.45, 2.75) is 0 Å². The Kier molecular flexibility index (Phi) is 3.84. The molecule has 0 aliphatic heterocycles. The van der Waals surface area contributed by atoms with Crippen LogP contribution in [0.25, 0.3) is 0 Å². The molecule has 0 radical (unpaired) electrons. The number of para-hydroxylation sites is 1. The first kappa shape index (κ1) is 12.4. The third kappa shape index (κ3) is 2.81.